The summed E-state index contributed by atoms with van der Waals surface area (Å²) in [5, 5.41) is 0. The van der Waals surface area contributed by atoms with Gasteiger partial charge in [0.25, 0.3) is 0 Å². The van der Waals surface area contributed by atoms with Gasteiger partial charge in [0.15, 0.2) is 0 Å². The highest BCUT2D eigenvalue weighted by molar-refractivity contribution is 5.88. The highest BCUT2D eigenvalue weighted by Gasteiger charge is 2.35. The number of rotatable bonds is 9. The number of para-hydroxylation sites is 4. The molecule has 9 rings (SSSR count). The molecule has 0 unspecified atom stereocenters. The second kappa shape index (κ2) is 13.9. The molecule has 3 nitrogen and oxygen atoms in total. The van der Waals surface area contributed by atoms with Crippen LogP contribution in [-0.2, 0) is 5.41 Å². The molecule has 8 aromatic carbocycles. The number of anilines is 9. The molecule has 0 spiro atoms. The fourth-order valence-corrected chi connectivity index (χ4v) is 8.02. The van der Waals surface area contributed by atoms with Crippen LogP contribution in [0.15, 0.2) is 212 Å². The lowest BCUT2D eigenvalue weighted by Gasteiger charge is -2.31. The van der Waals surface area contributed by atoms with Crippen LogP contribution < -0.4 is 14.7 Å². The van der Waals surface area contributed by atoms with Crippen LogP contribution in [0.4, 0.5) is 51.2 Å². The van der Waals surface area contributed by atoms with Gasteiger partial charge in [-0.05, 0) is 119 Å². The molecule has 0 aliphatic heterocycles. The maximum atomic E-state index is 2.41. The van der Waals surface area contributed by atoms with Crippen molar-refractivity contribution in [2.45, 2.75) is 19.3 Å². The average Bonchev–Trinajstić information content (AvgIpc) is 3.46. The first-order valence-corrected chi connectivity index (χ1v) is 18.6. The average molecular weight is 696 g/mol. The first-order valence-electron chi connectivity index (χ1n) is 18.6. The van der Waals surface area contributed by atoms with Gasteiger partial charge in [0.1, 0.15) is 0 Å². The molecule has 3 heteroatoms. The van der Waals surface area contributed by atoms with Crippen LogP contribution in [0, 0.1) is 0 Å². The molecule has 0 heterocycles. The molecule has 0 atom stereocenters. The Bertz CT molecular complexity index is 2320. The Hall–Kier alpha value is -6.84. The molecule has 1 aliphatic rings. The molecule has 8 aromatic rings. The predicted octanol–water partition coefficient (Wildman–Crippen LogP) is 14.4. The fraction of sp³-hybridized carbons (Fsp3) is 0.0588. The van der Waals surface area contributed by atoms with Gasteiger partial charge in [-0.25, -0.2) is 0 Å². The van der Waals surface area contributed by atoms with Crippen molar-refractivity contribution >= 4 is 51.2 Å². The van der Waals surface area contributed by atoms with Crippen LogP contribution in [-0.4, -0.2) is 0 Å². The second-order valence-corrected chi connectivity index (χ2v) is 14.3. The Labute approximate surface area is 318 Å². The Morgan fingerprint density at radius 1 is 0.259 bits per heavy atom. The van der Waals surface area contributed by atoms with Gasteiger partial charge in [0.2, 0.25) is 0 Å². The SMILES string of the molecule is CC1(C)c2ccccc2-c2ccc(N(c3cccc(N(c4ccccc4)c4ccccc4)c3)c3cccc(N(c4ccccc4)c4ccccc4)c3)cc21. The zero-order chi connectivity index (χ0) is 36.5. The van der Waals surface area contributed by atoms with Gasteiger partial charge >= 0.3 is 0 Å². The van der Waals surface area contributed by atoms with Crippen LogP contribution in [0.2, 0.25) is 0 Å². The van der Waals surface area contributed by atoms with Gasteiger partial charge in [-0.15, -0.1) is 0 Å². The molecule has 0 saturated heterocycles. The van der Waals surface area contributed by atoms with E-state index >= 15 is 0 Å². The van der Waals surface area contributed by atoms with Gasteiger partial charge in [-0.1, -0.05) is 129 Å². The van der Waals surface area contributed by atoms with Crippen molar-refractivity contribution in [3.63, 3.8) is 0 Å². The minimum absolute atomic E-state index is 0.133. The molecule has 260 valence electrons. The van der Waals surface area contributed by atoms with Crippen LogP contribution in [0.1, 0.15) is 25.0 Å². The molecule has 0 amide bonds. The lowest BCUT2D eigenvalue weighted by molar-refractivity contribution is 0.660. The fourth-order valence-electron chi connectivity index (χ4n) is 8.02. The van der Waals surface area contributed by atoms with Gasteiger partial charge in [0.05, 0.1) is 0 Å². The van der Waals surface area contributed by atoms with E-state index in [2.05, 4.69) is 241 Å². The summed E-state index contributed by atoms with van der Waals surface area (Å²) in [7, 11) is 0. The highest BCUT2D eigenvalue weighted by Crippen LogP contribution is 2.51. The molecule has 0 fully saturated rings. The van der Waals surface area contributed by atoms with Gasteiger partial charge in [-0.3, -0.25) is 0 Å². The molecule has 0 aromatic heterocycles. The van der Waals surface area contributed by atoms with E-state index in [1.54, 1.807) is 0 Å². The van der Waals surface area contributed by atoms with Crippen LogP contribution >= 0.6 is 0 Å². The summed E-state index contributed by atoms with van der Waals surface area (Å²) in [5.41, 5.74) is 15.0. The number of hydrogen-bond acceptors (Lipinski definition) is 3. The first-order chi connectivity index (χ1) is 26.6. The number of benzene rings is 8. The summed E-state index contributed by atoms with van der Waals surface area (Å²) < 4.78 is 0. The second-order valence-electron chi connectivity index (χ2n) is 14.3. The summed E-state index contributed by atoms with van der Waals surface area (Å²) in [6.07, 6.45) is 0. The van der Waals surface area contributed by atoms with Crippen molar-refractivity contribution in [2.24, 2.45) is 0 Å². The van der Waals surface area contributed by atoms with Gasteiger partial charge in [-0.2, -0.15) is 0 Å². The van der Waals surface area contributed by atoms with Crippen molar-refractivity contribution in [3.8, 4) is 11.1 Å². The molecule has 0 radical (unpaired) electrons. The zero-order valence-corrected chi connectivity index (χ0v) is 30.5. The summed E-state index contributed by atoms with van der Waals surface area (Å²) >= 11 is 0. The van der Waals surface area contributed by atoms with Crippen LogP contribution in [0.5, 0.6) is 0 Å². The van der Waals surface area contributed by atoms with E-state index < -0.39 is 0 Å². The maximum absolute atomic E-state index is 2.41. The van der Waals surface area contributed by atoms with Gasteiger partial charge in [0, 0.05) is 56.6 Å². The molecular formula is C51H41N3. The molecule has 0 N–H and O–H groups in total. The summed E-state index contributed by atoms with van der Waals surface area (Å²) in [6.45, 7) is 4.70. The minimum atomic E-state index is -0.133. The quantitative estimate of drug-likeness (QED) is 0.149. The lowest BCUT2D eigenvalue weighted by Crippen LogP contribution is -2.17. The lowest BCUT2D eigenvalue weighted by atomic mass is 9.82. The number of fused-ring (bicyclic) bond motifs is 3. The summed E-state index contributed by atoms with van der Waals surface area (Å²) in [4.78, 5) is 7.06. The molecule has 0 saturated carbocycles. The normalized spacial score (nSPS) is 12.4. The summed E-state index contributed by atoms with van der Waals surface area (Å²) in [6, 6.07) is 76.1. The van der Waals surface area contributed by atoms with E-state index in [4.69, 9.17) is 0 Å². The molecular weight excluding hydrogens is 655 g/mol. The third-order valence-electron chi connectivity index (χ3n) is 10.6. The topological polar surface area (TPSA) is 9.72 Å². The zero-order valence-electron chi connectivity index (χ0n) is 30.5. The van der Waals surface area contributed by atoms with E-state index in [1.165, 1.54) is 22.3 Å². The Kier molecular flexibility index (Phi) is 8.53. The van der Waals surface area contributed by atoms with Crippen LogP contribution in [0.25, 0.3) is 11.1 Å². The standard InChI is InChI=1S/C51H41N3/c1-51(2)49-32-16-15-31-47(49)48-34-33-46(37-50(48)51)54(44-29-17-27-42(35-44)52(38-19-7-3-8-20-38)39-21-9-4-10-22-39)45-30-18-28-43(36-45)53(40-23-11-5-12-24-40)41-25-13-6-14-26-41/h3-37H,1-2H3. The largest absolute Gasteiger partial charge is 0.310 e. The van der Waals surface area contributed by atoms with Crippen molar-refractivity contribution in [1.29, 1.82) is 0 Å². The Morgan fingerprint density at radius 2 is 0.574 bits per heavy atom. The van der Waals surface area contributed by atoms with E-state index in [0.29, 0.717) is 0 Å². The third-order valence-corrected chi connectivity index (χ3v) is 10.6. The summed E-state index contributed by atoms with van der Waals surface area (Å²) in [5.74, 6) is 0. The molecule has 1 aliphatic carbocycles. The highest BCUT2D eigenvalue weighted by atomic mass is 15.2. The van der Waals surface area contributed by atoms with Crippen molar-refractivity contribution in [1.82, 2.24) is 0 Å². The maximum Gasteiger partial charge on any atom is 0.0482 e. The third kappa shape index (κ3) is 6.00. The van der Waals surface area contributed by atoms with E-state index in [0.717, 1.165) is 51.2 Å². The first kappa shape index (κ1) is 33.0. The van der Waals surface area contributed by atoms with Crippen molar-refractivity contribution in [3.05, 3.63) is 223 Å². The van der Waals surface area contributed by atoms with E-state index in [9.17, 15) is 0 Å². The van der Waals surface area contributed by atoms with E-state index in [-0.39, 0.29) is 5.41 Å². The number of hydrogen-bond donors (Lipinski definition) is 0. The monoisotopic (exact) mass is 695 g/mol. The van der Waals surface area contributed by atoms with Crippen LogP contribution in [0.3, 0.4) is 0 Å². The Balaban J connectivity index is 1.23. The van der Waals surface area contributed by atoms with Gasteiger partial charge < -0.3 is 14.7 Å². The van der Waals surface area contributed by atoms with E-state index in [1.807, 2.05) is 0 Å². The van der Waals surface area contributed by atoms with Crippen molar-refractivity contribution in [2.75, 3.05) is 14.7 Å². The molecule has 0 bridgehead atoms. The van der Waals surface area contributed by atoms with Crippen molar-refractivity contribution < 1.29 is 0 Å². The minimum Gasteiger partial charge on any atom is -0.310 e. The smallest absolute Gasteiger partial charge is 0.0482 e. The number of nitrogens with zero attached hydrogens (tertiary/aromatic N) is 3. The molecule has 54 heavy (non-hydrogen) atoms. The predicted molar refractivity (Wildman–Crippen MR) is 228 cm³/mol. The Morgan fingerprint density at radius 3 is 1.00 bits per heavy atom.